The van der Waals surface area contributed by atoms with E-state index in [1.165, 1.54) is 18.6 Å². The van der Waals surface area contributed by atoms with Gasteiger partial charge in [-0.25, -0.2) is 9.37 Å². The zero-order valence-corrected chi connectivity index (χ0v) is 17.1. The van der Waals surface area contributed by atoms with Gasteiger partial charge < -0.3 is 9.88 Å². The van der Waals surface area contributed by atoms with Crippen LogP contribution in [0.2, 0.25) is 0 Å². The van der Waals surface area contributed by atoms with Crippen LogP contribution in [0.5, 0.6) is 0 Å². The van der Waals surface area contributed by atoms with E-state index in [2.05, 4.69) is 14.9 Å². The Kier molecular flexibility index (Phi) is 2.91. The summed E-state index contributed by atoms with van der Waals surface area (Å²) in [7, 11) is 0. The van der Waals surface area contributed by atoms with Gasteiger partial charge in [-0.05, 0) is 67.4 Å². The second-order valence-corrected chi connectivity index (χ2v) is 10.7. The van der Waals surface area contributed by atoms with Crippen molar-refractivity contribution >= 4 is 11.7 Å². The van der Waals surface area contributed by atoms with Crippen LogP contribution in [-0.4, -0.2) is 33.1 Å². The number of likely N-dealkylation sites (tertiary alicyclic amines) is 1. The van der Waals surface area contributed by atoms with Crippen molar-refractivity contribution in [3.63, 3.8) is 0 Å². The van der Waals surface area contributed by atoms with Crippen LogP contribution in [-0.2, 0) is 9.59 Å². The van der Waals surface area contributed by atoms with Gasteiger partial charge in [0.25, 0.3) is 0 Å². The lowest BCUT2D eigenvalue weighted by molar-refractivity contribution is -0.257. The molecule has 9 unspecified atom stereocenters. The number of amides is 1. The number of ketones is 1. The third-order valence-electron chi connectivity index (χ3n) is 10.0. The Hall–Kier alpha value is -2.50. The van der Waals surface area contributed by atoms with Crippen LogP contribution in [0, 0.1) is 52.7 Å². The van der Waals surface area contributed by atoms with Gasteiger partial charge in [0.2, 0.25) is 5.91 Å². The number of rotatable bonds is 3. The number of nitrogens with zero attached hydrogens (tertiary/aromatic N) is 2. The molecule has 9 rings (SSSR count). The molecule has 1 saturated heterocycles. The Morgan fingerprint density at radius 2 is 2.13 bits per heavy atom. The van der Waals surface area contributed by atoms with Crippen LogP contribution in [0.25, 0.3) is 11.3 Å². The summed E-state index contributed by atoms with van der Waals surface area (Å²) in [6, 6.07) is 6.39. The number of carbonyl (C=O) groups is 2. The highest BCUT2D eigenvalue weighted by atomic mass is 19.1. The predicted octanol–water partition coefficient (Wildman–Crippen LogP) is 3.60. The third kappa shape index (κ3) is 1.67. The maximum Gasteiger partial charge on any atom is 0.230 e. The monoisotopic (exact) mass is 417 g/mol. The summed E-state index contributed by atoms with van der Waals surface area (Å²) in [5.41, 5.74) is 1.16. The Morgan fingerprint density at radius 1 is 1.23 bits per heavy atom. The number of nitrogens with one attached hydrogen (secondary N) is 1. The summed E-state index contributed by atoms with van der Waals surface area (Å²) in [4.78, 5) is 37.1. The van der Waals surface area contributed by atoms with E-state index in [9.17, 15) is 14.0 Å². The molecule has 6 heteroatoms. The zero-order chi connectivity index (χ0) is 20.6. The molecular weight excluding hydrogens is 393 g/mol. The van der Waals surface area contributed by atoms with E-state index in [0.717, 1.165) is 42.9 Å². The number of hydrogen-bond acceptors (Lipinski definition) is 3. The van der Waals surface area contributed by atoms with Gasteiger partial charge in [0.15, 0.2) is 0 Å². The second kappa shape index (κ2) is 5.28. The van der Waals surface area contributed by atoms with Crippen molar-refractivity contribution in [2.75, 3.05) is 6.54 Å². The first-order valence-corrected chi connectivity index (χ1v) is 11.8. The third-order valence-corrected chi connectivity index (χ3v) is 10.0. The van der Waals surface area contributed by atoms with E-state index in [4.69, 9.17) is 0 Å². The summed E-state index contributed by atoms with van der Waals surface area (Å²) in [5.74, 6) is 3.95. The molecule has 1 aromatic heterocycles. The van der Waals surface area contributed by atoms with E-state index in [-0.39, 0.29) is 35.0 Å². The number of aromatic nitrogens is 2. The molecule has 158 valence electrons. The van der Waals surface area contributed by atoms with Crippen LogP contribution in [0.1, 0.15) is 37.5 Å². The molecule has 0 spiro atoms. The number of piperidine rings is 1. The van der Waals surface area contributed by atoms with Gasteiger partial charge in [0.05, 0.1) is 23.3 Å². The molecule has 5 nitrogen and oxygen atoms in total. The molecule has 1 aromatic carbocycles. The Morgan fingerprint density at radius 3 is 2.97 bits per heavy atom. The van der Waals surface area contributed by atoms with E-state index in [1.54, 1.807) is 12.3 Å². The number of hydrogen-bond donors (Lipinski definition) is 1. The van der Waals surface area contributed by atoms with Crippen LogP contribution in [0.3, 0.4) is 0 Å². The molecule has 1 aliphatic heterocycles. The van der Waals surface area contributed by atoms with Crippen LogP contribution >= 0.6 is 0 Å². The molecule has 7 aliphatic rings. The van der Waals surface area contributed by atoms with Crippen molar-refractivity contribution in [2.45, 2.75) is 31.7 Å². The number of carbonyl (C=O) groups excluding carboxylic acids is 2. The van der Waals surface area contributed by atoms with Crippen molar-refractivity contribution in [2.24, 2.45) is 46.8 Å². The minimum absolute atomic E-state index is 0.0192. The van der Waals surface area contributed by atoms with Gasteiger partial charge in [-0.1, -0.05) is 12.1 Å². The van der Waals surface area contributed by atoms with Gasteiger partial charge in [0.1, 0.15) is 17.4 Å². The van der Waals surface area contributed by atoms with Gasteiger partial charge in [-0.2, -0.15) is 0 Å². The highest BCUT2D eigenvalue weighted by Crippen LogP contribution is 2.93. The molecule has 7 fully saturated rings. The Labute approximate surface area is 179 Å². The lowest BCUT2D eigenvalue weighted by Crippen LogP contribution is -2.75. The van der Waals surface area contributed by atoms with E-state index < -0.39 is 0 Å². The van der Waals surface area contributed by atoms with Gasteiger partial charge in [0, 0.05) is 23.9 Å². The summed E-state index contributed by atoms with van der Waals surface area (Å²) >= 11 is 0. The van der Waals surface area contributed by atoms with Crippen LogP contribution in [0.15, 0.2) is 30.5 Å². The molecule has 4 bridgehead atoms. The molecule has 1 N–H and O–H groups in total. The fourth-order valence-corrected chi connectivity index (χ4v) is 9.41. The molecule has 31 heavy (non-hydrogen) atoms. The minimum Gasteiger partial charge on any atom is -0.340 e. The van der Waals surface area contributed by atoms with Crippen molar-refractivity contribution in [1.82, 2.24) is 14.9 Å². The van der Waals surface area contributed by atoms with Crippen molar-refractivity contribution in [1.29, 1.82) is 0 Å². The quantitative estimate of drug-likeness (QED) is 0.830. The van der Waals surface area contributed by atoms with Crippen molar-refractivity contribution < 1.29 is 14.0 Å². The standard InChI is InChI=1S/C25H24FN3O2/c26-12-5-3-4-11(8-12)15-10-27-23(28-15)16-6-1-2-7-29(16)24(31)25-19-14-9-13-17(19)21(25)22(30)18(13)20(14)25/h3-5,8,10,13-14,16-21H,1-2,6-7,9H2,(H,27,28). The maximum atomic E-state index is 14.1. The SMILES string of the molecule is O=C1C2C3CC4C2C2(C(=O)N5CCCCC5c5ncc(-c6cccc(F)c6)[nH]5)C1C3C42. The number of benzene rings is 1. The van der Waals surface area contributed by atoms with Gasteiger partial charge >= 0.3 is 0 Å². The summed E-state index contributed by atoms with van der Waals surface area (Å²) in [6.07, 6.45) is 5.88. The largest absolute Gasteiger partial charge is 0.340 e. The molecule has 0 radical (unpaired) electrons. The fraction of sp³-hybridized carbons (Fsp3) is 0.560. The smallest absolute Gasteiger partial charge is 0.230 e. The average Bonchev–Trinajstić information content (AvgIpc) is 3.48. The minimum atomic E-state index is -0.363. The normalized spacial score (nSPS) is 45.2. The second-order valence-electron chi connectivity index (χ2n) is 10.7. The molecule has 6 saturated carbocycles. The van der Waals surface area contributed by atoms with Crippen molar-refractivity contribution in [3.8, 4) is 11.3 Å². The van der Waals surface area contributed by atoms with E-state index in [1.807, 2.05) is 6.07 Å². The highest BCUT2D eigenvalue weighted by molar-refractivity contribution is 6.04. The number of Topliss-reactive ketones (excluding diaryl/α,β-unsaturated/α-hetero) is 1. The topological polar surface area (TPSA) is 66.1 Å². The highest BCUT2D eigenvalue weighted by Gasteiger charge is 2.96. The first kappa shape index (κ1) is 17.1. The van der Waals surface area contributed by atoms with Gasteiger partial charge in [-0.3, -0.25) is 9.59 Å². The van der Waals surface area contributed by atoms with Crippen LogP contribution in [0.4, 0.5) is 4.39 Å². The molecule has 6 aliphatic carbocycles. The first-order chi connectivity index (χ1) is 15.1. The number of aromatic amines is 1. The molecule has 2 aromatic rings. The average molecular weight is 417 g/mol. The number of H-pyrrole nitrogens is 1. The summed E-state index contributed by atoms with van der Waals surface area (Å²) in [6.45, 7) is 0.741. The van der Waals surface area contributed by atoms with E-state index >= 15 is 0 Å². The number of halogens is 1. The summed E-state index contributed by atoms with van der Waals surface area (Å²) < 4.78 is 13.7. The fourth-order valence-electron chi connectivity index (χ4n) is 9.41. The number of imidazole rings is 1. The first-order valence-electron chi connectivity index (χ1n) is 11.8. The Bertz CT molecular complexity index is 1180. The maximum absolute atomic E-state index is 14.1. The van der Waals surface area contributed by atoms with Crippen molar-refractivity contribution in [3.05, 3.63) is 42.1 Å². The molecule has 1 amide bonds. The summed E-state index contributed by atoms with van der Waals surface area (Å²) in [5, 5.41) is 0. The van der Waals surface area contributed by atoms with E-state index in [0.29, 0.717) is 35.4 Å². The predicted molar refractivity (Wildman–Crippen MR) is 109 cm³/mol. The lowest BCUT2D eigenvalue weighted by atomic mass is 9.31. The van der Waals surface area contributed by atoms with Gasteiger partial charge in [-0.15, -0.1) is 0 Å². The Balaban J connectivity index is 1.14. The zero-order valence-electron chi connectivity index (χ0n) is 17.1. The van der Waals surface area contributed by atoms with Crippen LogP contribution < -0.4 is 0 Å². The lowest BCUT2D eigenvalue weighted by Gasteiger charge is -2.71. The molecule has 2 heterocycles. The molecular formula is C25H24FN3O2. The molecule has 9 atom stereocenters.